The van der Waals surface area contributed by atoms with Gasteiger partial charge in [-0.2, -0.15) is 13.5 Å². The molecule has 0 bridgehead atoms. The SMILES string of the molecule is C=CCOC(=O)N1C[C@H](OS(C)(=O)=O)C[C@H]1Cc1cnn(CCCO)c1. The lowest BCUT2D eigenvalue weighted by Crippen LogP contribution is -2.37. The fraction of sp³-hybridized carbons (Fsp3) is 0.625. The number of amides is 1. The van der Waals surface area contributed by atoms with E-state index in [4.69, 9.17) is 14.0 Å². The molecule has 0 radical (unpaired) electrons. The van der Waals surface area contributed by atoms with Crippen molar-refractivity contribution in [3.63, 3.8) is 0 Å². The van der Waals surface area contributed by atoms with Crippen LogP contribution in [0.25, 0.3) is 0 Å². The maximum absolute atomic E-state index is 12.3. The molecule has 2 rings (SSSR count). The molecule has 1 saturated heterocycles. The van der Waals surface area contributed by atoms with Crippen LogP contribution in [0.1, 0.15) is 18.4 Å². The Labute approximate surface area is 153 Å². The number of nitrogens with zero attached hydrogens (tertiary/aromatic N) is 3. The standard InChI is InChI=1S/C16H25N3O6S/c1-3-7-24-16(21)19-12-15(25-26(2,22)23)9-14(19)8-13-10-17-18(11-13)5-4-6-20/h3,10-11,14-15,20H,1,4-9,12H2,2H3/t14-,15-/m1/s1. The molecule has 0 unspecified atom stereocenters. The number of carbonyl (C=O) groups excluding carboxylic acids is 1. The molecule has 0 spiro atoms. The molecule has 2 heterocycles. The normalized spacial score (nSPS) is 20.3. The van der Waals surface area contributed by atoms with Crippen LogP contribution in [0.15, 0.2) is 25.0 Å². The van der Waals surface area contributed by atoms with Gasteiger partial charge in [0.1, 0.15) is 6.61 Å². The number of aromatic nitrogens is 2. The summed E-state index contributed by atoms with van der Waals surface area (Å²) in [6.45, 7) is 4.43. The number of rotatable bonds is 9. The van der Waals surface area contributed by atoms with Crippen molar-refractivity contribution in [2.75, 3.05) is 26.0 Å². The number of carbonyl (C=O) groups is 1. The molecule has 9 nitrogen and oxygen atoms in total. The first-order chi connectivity index (χ1) is 12.3. The van der Waals surface area contributed by atoms with Crippen LogP contribution in [0.3, 0.4) is 0 Å². The van der Waals surface area contributed by atoms with Crippen LogP contribution in [-0.2, 0) is 32.0 Å². The minimum atomic E-state index is -3.61. The lowest BCUT2D eigenvalue weighted by atomic mass is 10.1. The van der Waals surface area contributed by atoms with E-state index in [0.29, 0.717) is 25.8 Å². The van der Waals surface area contributed by atoms with Crippen LogP contribution >= 0.6 is 0 Å². The first-order valence-corrected chi connectivity index (χ1v) is 10.2. The van der Waals surface area contributed by atoms with Crippen molar-refractivity contribution in [2.24, 2.45) is 0 Å². The van der Waals surface area contributed by atoms with Crippen LogP contribution in [0, 0.1) is 0 Å². The molecule has 1 fully saturated rings. The Hall–Kier alpha value is -1.91. The van der Waals surface area contributed by atoms with Gasteiger partial charge in [0.05, 0.1) is 25.1 Å². The van der Waals surface area contributed by atoms with Gasteiger partial charge in [0.2, 0.25) is 0 Å². The third-order valence-electron chi connectivity index (χ3n) is 3.95. The van der Waals surface area contributed by atoms with Crippen molar-refractivity contribution in [3.05, 3.63) is 30.6 Å². The van der Waals surface area contributed by atoms with E-state index in [-0.39, 0.29) is 25.8 Å². The van der Waals surface area contributed by atoms with Gasteiger partial charge in [0, 0.05) is 25.4 Å². The zero-order chi connectivity index (χ0) is 19.2. The summed E-state index contributed by atoms with van der Waals surface area (Å²) in [5.74, 6) is 0. The van der Waals surface area contributed by atoms with Crippen molar-refractivity contribution in [2.45, 2.75) is 38.0 Å². The van der Waals surface area contributed by atoms with Crippen molar-refractivity contribution in [3.8, 4) is 0 Å². The van der Waals surface area contributed by atoms with Crippen LogP contribution in [-0.4, -0.2) is 72.5 Å². The molecular weight excluding hydrogens is 362 g/mol. The van der Waals surface area contributed by atoms with Crippen molar-refractivity contribution in [1.29, 1.82) is 0 Å². The summed E-state index contributed by atoms with van der Waals surface area (Å²) in [4.78, 5) is 13.8. The highest BCUT2D eigenvalue weighted by Gasteiger charge is 2.38. The third-order valence-corrected chi connectivity index (χ3v) is 4.57. The van der Waals surface area contributed by atoms with E-state index in [1.165, 1.54) is 11.0 Å². The lowest BCUT2D eigenvalue weighted by Gasteiger charge is -2.23. The van der Waals surface area contributed by atoms with Gasteiger partial charge in [-0.05, 0) is 24.8 Å². The second kappa shape index (κ2) is 9.15. The number of aliphatic hydroxyl groups excluding tert-OH is 1. The molecule has 26 heavy (non-hydrogen) atoms. The Morgan fingerprint density at radius 3 is 2.96 bits per heavy atom. The Bertz CT molecular complexity index is 717. The van der Waals surface area contributed by atoms with E-state index in [1.54, 1.807) is 10.9 Å². The van der Waals surface area contributed by atoms with Crippen LogP contribution in [0.2, 0.25) is 0 Å². The second-order valence-electron chi connectivity index (χ2n) is 6.22. The molecular formula is C16H25N3O6S. The number of aryl methyl sites for hydroxylation is 1. The van der Waals surface area contributed by atoms with Crippen LogP contribution in [0.4, 0.5) is 4.79 Å². The monoisotopic (exact) mass is 387 g/mol. The molecule has 10 heteroatoms. The molecule has 0 aliphatic carbocycles. The van der Waals surface area contributed by atoms with Gasteiger partial charge >= 0.3 is 6.09 Å². The highest BCUT2D eigenvalue weighted by Crippen LogP contribution is 2.25. The van der Waals surface area contributed by atoms with E-state index in [1.807, 2.05) is 6.20 Å². The topological polar surface area (TPSA) is 111 Å². The van der Waals surface area contributed by atoms with E-state index in [0.717, 1.165) is 11.8 Å². The van der Waals surface area contributed by atoms with Gasteiger partial charge < -0.3 is 14.7 Å². The Morgan fingerprint density at radius 2 is 2.31 bits per heavy atom. The number of likely N-dealkylation sites (tertiary alicyclic amines) is 1. The minimum absolute atomic E-state index is 0.0821. The quantitative estimate of drug-likeness (QED) is 0.486. The Balaban J connectivity index is 2.06. The van der Waals surface area contributed by atoms with Gasteiger partial charge in [-0.1, -0.05) is 12.7 Å². The van der Waals surface area contributed by atoms with Crippen LogP contribution in [0.5, 0.6) is 0 Å². The predicted octanol–water partition coefficient (Wildman–Crippen LogP) is 0.550. The Kier molecular flexibility index (Phi) is 7.18. The Morgan fingerprint density at radius 1 is 1.54 bits per heavy atom. The molecule has 1 amide bonds. The average molecular weight is 387 g/mol. The molecule has 1 aromatic rings. The van der Waals surface area contributed by atoms with E-state index in [2.05, 4.69) is 11.7 Å². The highest BCUT2D eigenvalue weighted by molar-refractivity contribution is 7.86. The number of hydrogen-bond donors (Lipinski definition) is 1. The van der Waals surface area contributed by atoms with E-state index >= 15 is 0 Å². The van der Waals surface area contributed by atoms with Crippen molar-refractivity contribution < 1.29 is 27.2 Å². The summed E-state index contributed by atoms with van der Waals surface area (Å²) in [6, 6.07) is -0.255. The zero-order valence-corrected chi connectivity index (χ0v) is 15.6. The number of aliphatic hydroxyl groups is 1. The van der Waals surface area contributed by atoms with Gasteiger partial charge in [0.15, 0.2) is 0 Å². The van der Waals surface area contributed by atoms with Crippen molar-refractivity contribution in [1.82, 2.24) is 14.7 Å². The lowest BCUT2D eigenvalue weighted by molar-refractivity contribution is 0.104. The summed E-state index contributed by atoms with van der Waals surface area (Å²) in [7, 11) is -3.61. The van der Waals surface area contributed by atoms with Gasteiger partial charge in [-0.25, -0.2) is 4.79 Å². The van der Waals surface area contributed by atoms with Crippen LogP contribution < -0.4 is 0 Å². The maximum atomic E-state index is 12.3. The summed E-state index contributed by atoms with van der Waals surface area (Å²) in [6.07, 6.45) is 6.39. The van der Waals surface area contributed by atoms with Gasteiger partial charge in [-0.15, -0.1) is 0 Å². The van der Waals surface area contributed by atoms with E-state index in [9.17, 15) is 13.2 Å². The molecule has 146 valence electrons. The largest absolute Gasteiger partial charge is 0.445 e. The first kappa shape index (κ1) is 20.4. The van der Waals surface area contributed by atoms with Gasteiger partial charge in [-0.3, -0.25) is 8.86 Å². The first-order valence-electron chi connectivity index (χ1n) is 8.37. The fourth-order valence-electron chi connectivity index (χ4n) is 2.96. The fourth-order valence-corrected chi connectivity index (χ4v) is 3.59. The number of hydrogen-bond acceptors (Lipinski definition) is 7. The highest BCUT2D eigenvalue weighted by atomic mass is 32.2. The number of ether oxygens (including phenoxy) is 1. The average Bonchev–Trinajstić information content (AvgIpc) is 3.16. The predicted molar refractivity (Wildman–Crippen MR) is 94.0 cm³/mol. The summed E-state index contributed by atoms with van der Waals surface area (Å²) in [5, 5.41) is 13.1. The third kappa shape index (κ3) is 6.11. The maximum Gasteiger partial charge on any atom is 0.410 e. The summed E-state index contributed by atoms with van der Waals surface area (Å²) < 4.78 is 34.7. The molecule has 0 aromatic carbocycles. The van der Waals surface area contributed by atoms with E-state index < -0.39 is 22.3 Å². The smallest absolute Gasteiger partial charge is 0.410 e. The summed E-state index contributed by atoms with van der Waals surface area (Å²) >= 11 is 0. The van der Waals surface area contributed by atoms with Gasteiger partial charge in [0.25, 0.3) is 10.1 Å². The molecule has 1 aliphatic heterocycles. The zero-order valence-electron chi connectivity index (χ0n) is 14.8. The minimum Gasteiger partial charge on any atom is -0.445 e. The molecule has 1 aromatic heterocycles. The van der Waals surface area contributed by atoms with Crippen molar-refractivity contribution >= 4 is 16.2 Å². The molecule has 0 saturated carbocycles. The molecule has 2 atom stereocenters. The molecule has 1 N–H and O–H groups in total. The summed E-state index contributed by atoms with van der Waals surface area (Å²) in [5.41, 5.74) is 0.912. The molecule has 1 aliphatic rings. The second-order valence-corrected chi connectivity index (χ2v) is 7.82.